The molecule has 1 heterocycles. The molecule has 5 nitrogen and oxygen atoms in total. The first-order chi connectivity index (χ1) is 6.19. The van der Waals surface area contributed by atoms with E-state index < -0.39 is 5.97 Å². The van der Waals surface area contributed by atoms with Crippen molar-refractivity contribution in [2.75, 3.05) is 7.11 Å². The highest BCUT2D eigenvalue weighted by molar-refractivity contribution is 5.85. The van der Waals surface area contributed by atoms with Crippen LogP contribution < -0.4 is 0 Å². The number of carbonyl (C=O) groups is 1. The number of methoxy groups -OCH3 is 1. The maximum atomic E-state index is 10.6. The van der Waals surface area contributed by atoms with E-state index in [0.29, 0.717) is 19.0 Å². The monoisotopic (exact) mass is 184 g/mol. The Hall–Kier alpha value is -1.36. The number of hydrogen-bond acceptors (Lipinski definition) is 3. The molecule has 1 aromatic heterocycles. The van der Waals surface area contributed by atoms with Crippen LogP contribution in [-0.4, -0.2) is 27.7 Å². The molecule has 0 aromatic carbocycles. The van der Waals surface area contributed by atoms with Crippen molar-refractivity contribution in [1.82, 2.24) is 9.55 Å². The minimum absolute atomic E-state index is 0.0638. The minimum Gasteiger partial charge on any atom is -0.476 e. The Kier molecular flexibility index (Phi) is 3.02. The van der Waals surface area contributed by atoms with Crippen LogP contribution in [0.5, 0.6) is 0 Å². The van der Waals surface area contributed by atoms with Crippen LogP contribution >= 0.6 is 0 Å². The van der Waals surface area contributed by atoms with E-state index in [0.717, 1.165) is 0 Å². The summed E-state index contributed by atoms with van der Waals surface area (Å²) in [6, 6.07) is 0. The third-order valence-corrected chi connectivity index (χ3v) is 1.69. The number of aromatic carboxylic acids is 1. The quantitative estimate of drug-likeness (QED) is 0.749. The lowest BCUT2D eigenvalue weighted by Gasteiger charge is -2.01. The van der Waals surface area contributed by atoms with E-state index >= 15 is 0 Å². The van der Waals surface area contributed by atoms with Gasteiger partial charge in [-0.2, -0.15) is 0 Å². The Balaban J connectivity index is 2.96. The molecule has 13 heavy (non-hydrogen) atoms. The Morgan fingerprint density at radius 3 is 2.92 bits per heavy atom. The number of aromatic nitrogens is 2. The predicted molar refractivity (Wildman–Crippen MR) is 45.6 cm³/mol. The van der Waals surface area contributed by atoms with Gasteiger partial charge in [-0.25, -0.2) is 9.78 Å². The van der Waals surface area contributed by atoms with E-state index in [4.69, 9.17) is 9.84 Å². The fourth-order valence-corrected chi connectivity index (χ4v) is 1.08. The van der Waals surface area contributed by atoms with Crippen LogP contribution in [0.1, 0.15) is 23.2 Å². The molecule has 5 heteroatoms. The zero-order valence-electron chi connectivity index (χ0n) is 7.65. The Bertz CT molecular complexity index is 306. The highest BCUT2D eigenvalue weighted by Gasteiger charge is 2.11. The van der Waals surface area contributed by atoms with Gasteiger partial charge in [0.15, 0.2) is 5.69 Å². The van der Waals surface area contributed by atoms with E-state index in [1.165, 1.54) is 6.20 Å². The third-order valence-electron chi connectivity index (χ3n) is 1.69. The van der Waals surface area contributed by atoms with E-state index in [1.54, 1.807) is 11.7 Å². The summed E-state index contributed by atoms with van der Waals surface area (Å²) in [7, 11) is 1.55. The number of carboxylic acids is 1. The average Bonchev–Trinajstić information content (AvgIpc) is 2.48. The SMILES string of the molecule is CCn1cc(C(=O)O)nc1COC. The normalized spacial score (nSPS) is 10.3. The number of ether oxygens (including phenoxy) is 1. The Morgan fingerprint density at radius 2 is 2.46 bits per heavy atom. The molecule has 0 atom stereocenters. The number of rotatable bonds is 4. The molecular weight excluding hydrogens is 172 g/mol. The number of nitrogens with zero attached hydrogens (tertiary/aromatic N) is 2. The van der Waals surface area contributed by atoms with Gasteiger partial charge in [0.2, 0.25) is 0 Å². The summed E-state index contributed by atoms with van der Waals surface area (Å²) >= 11 is 0. The van der Waals surface area contributed by atoms with Gasteiger partial charge >= 0.3 is 5.97 Å². The summed E-state index contributed by atoms with van der Waals surface area (Å²) in [5.74, 6) is -0.369. The number of carboxylic acid groups (broad SMARTS) is 1. The van der Waals surface area contributed by atoms with Gasteiger partial charge < -0.3 is 14.4 Å². The lowest BCUT2D eigenvalue weighted by Crippen LogP contribution is -2.01. The zero-order valence-corrected chi connectivity index (χ0v) is 7.65. The molecule has 1 rings (SSSR count). The Morgan fingerprint density at radius 1 is 1.77 bits per heavy atom. The van der Waals surface area contributed by atoms with Gasteiger partial charge in [-0.05, 0) is 6.92 Å². The zero-order chi connectivity index (χ0) is 9.84. The average molecular weight is 184 g/mol. The molecular formula is C8H12N2O3. The van der Waals surface area contributed by atoms with Crippen molar-refractivity contribution >= 4 is 5.97 Å². The lowest BCUT2D eigenvalue weighted by atomic mass is 10.5. The maximum absolute atomic E-state index is 10.6. The van der Waals surface area contributed by atoms with Crippen LogP contribution in [-0.2, 0) is 17.9 Å². The molecule has 0 spiro atoms. The standard InChI is InChI=1S/C8H12N2O3/c1-3-10-4-6(8(11)12)9-7(10)5-13-2/h4H,3,5H2,1-2H3,(H,11,12). The number of hydrogen-bond donors (Lipinski definition) is 1. The van der Waals surface area contributed by atoms with Gasteiger partial charge in [-0.3, -0.25) is 0 Å². The van der Waals surface area contributed by atoms with Gasteiger partial charge in [0, 0.05) is 19.9 Å². The second kappa shape index (κ2) is 4.04. The van der Waals surface area contributed by atoms with E-state index in [2.05, 4.69) is 4.98 Å². The van der Waals surface area contributed by atoms with Crippen molar-refractivity contribution in [3.63, 3.8) is 0 Å². The van der Waals surface area contributed by atoms with Gasteiger partial charge in [0.25, 0.3) is 0 Å². The van der Waals surface area contributed by atoms with E-state index in [1.807, 2.05) is 6.92 Å². The predicted octanol–water partition coefficient (Wildman–Crippen LogP) is 0.748. The number of imidazole rings is 1. The van der Waals surface area contributed by atoms with Gasteiger partial charge in [-0.15, -0.1) is 0 Å². The molecule has 1 aromatic rings. The van der Waals surface area contributed by atoms with Crippen molar-refractivity contribution < 1.29 is 14.6 Å². The van der Waals surface area contributed by atoms with Crippen molar-refractivity contribution in [3.8, 4) is 0 Å². The molecule has 0 fully saturated rings. The summed E-state index contributed by atoms with van der Waals surface area (Å²) in [6.07, 6.45) is 1.51. The summed E-state index contributed by atoms with van der Waals surface area (Å²) in [5, 5.41) is 8.67. The van der Waals surface area contributed by atoms with E-state index in [-0.39, 0.29) is 5.69 Å². The van der Waals surface area contributed by atoms with Crippen LogP contribution in [0.4, 0.5) is 0 Å². The topological polar surface area (TPSA) is 64.4 Å². The molecule has 1 N–H and O–H groups in total. The summed E-state index contributed by atoms with van der Waals surface area (Å²) in [5.41, 5.74) is 0.0638. The lowest BCUT2D eigenvalue weighted by molar-refractivity contribution is 0.0690. The highest BCUT2D eigenvalue weighted by atomic mass is 16.5. The minimum atomic E-state index is -1.01. The molecule has 0 bridgehead atoms. The third kappa shape index (κ3) is 2.06. The molecule has 0 unspecified atom stereocenters. The van der Waals surface area contributed by atoms with Crippen LogP contribution in [0.2, 0.25) is 0 Å². The fraction of sp³-hybridized carbons (Fsp3) is 0.500. The highest BCUT2D eigenvalue weighted by Crippen LogP contribution is 2.04. The van der Waals surface area contributed by atoms with Crippen LogP contribution in [0.15, 0.2) is 6.20 Å². The molecule has 0 radical (unpaired) electrons. The fourth-order valence-electron chi connectivity index (χ4n) is 1.08. The first-order valence-electron chi connectivity index (χ1n) is 3.97. The van der Waals surface area contributed by atoms with Crippen molar-refractivity contribution in [2.45, 2.75) is 20.1 Å². The van der Waals surface area contributed by atoms with Crippen LogP contribution in [0.3, 0.4) is 0 Å². The smallest absolute Gasteiger partial charge is 0.356 e. The summed E-state index contributed by atoms with van der Waals surface area (Å²) in [4.78, 5) is 14.5. The second-order valence-corrected chi connectivity index (χ2v) is 2.57. The number of aryl methyl sites for hydroxylation is 1. The van der Waals surface area contributed by atoms with Crippen molar-refractivity contribution in [3.05, 3.63) is 17.7 Å². The molecule has 0 aliphatic heterocycles. The molecule has 0 aliphatic rings. The van der Waals surface area contributed by atoms with E-state index in [9.17, 15) is 4.79 Å². The second-order valence-electron chi connectivity index (χ2n) is 2.57. The van der Waals surface area contributed by atoms with Crippen LogP contribution in [0, 0.1) is 0 Å². The van der Waals surface area contributed by atoms with Crippen LogP contribution in [0.25, 0.3) is 0 Å². The largest absolute Gasteiger partial charge is 0.476 e. The Labute approximate surface area is 76.0 Å². The summed E-state index contributed by atoms with van der Waals surface area (Å²) in [6.45, 7) is 2.95. The summed E-state index contributed by atoms with van der Waals surface area (Å²) < 4.78 is 6.64. The first-order valence-corrected chi connectivity index (χ1v) is 3.97. The molecule has 0 saturated heterocycles. The van der Waals surface area contributed by atoms with Gasteiger partial charge in [0.05, 0.1) is 0 Å². The first kappa shape index (κ1) is 9.73. The maximum Gasteiger partial charge on any atom is 0.356 e. The van der Waals surface area contributed by atoms with Crippen molar-refractivity contribution in [1.29, 1.82) is 0 Å². The molecule has 0 amide bonds. The van der Waals surface area contributed by atoms with Gasteiger partial charge in [0.1, 0.15) is 12.4 Å². The molecule has 72 valence electrons. The van der Waals surface area contributed by atoms with Crippen molar-refractivity contribution in [2.24, 2.45) is 0 Å². The molecule has 0 saturated carbocycles. The van der Waals surface area contributed by atoms with Gasteiger partial charge in [-0.1, -0.05) is 0 Å². The molecule has 0 aliphatic carbocycles.